The smallest absolute Gasteiger partial charge is 0.213 e. The second-order valence-corrected chi connectivity index (χ2v) is 5.39. The molecule has 0 aliphatic carbocycles. The largest absolute Gasteiger partial charge is 0.455 e. The fourth-order valence-corrected chi connectivity index (χ4v) is 3.25. The molecule has 1 heterocycles. The fraction of sp³-hybridized carbons (Fsp3) is 0. The number of rotatable bonds is 0. The summed E-state index contributed by atoms with van der Waals surface area (Å²) in [5.41, 5.74) is 0. The molecule has 2 aromatic carbocycles. The van der Waals surface area contributed by atoms with E-state index in [0.717, 1.165) is 0 Å². The Balaban J connectivity index is 0.00000108. The summed E-state index contributed by atoms with van der Waals surface area (Å²) in [6, 6.07) is 13.3. The third kappa shape index (κ3) is 1.91. The van der Waals surface area contributed by atoms with E-state index >= 15 is 0 Å². The molecule has 0 saturated heterocycles. The maximum atomic E-state index is 12.2. The predicted octanol–water partition coefficient (Wildman–Crippen LogP) is 2.24. The number of sulfone groups is 1. The van der Waals surface area contributed by atoms with Crippen molar-refractivity contribution >= 4 is 39.4 Å². The predicted molar refractivity (Wildman–Crippen MR) is 64.2 cm³/mol. The van der Waals surface area contributed by atoms with E-state index in [1.807, 2.05) is 0 Å². The summed E-state index contributed by atoms with van der Waals surface area (Å²) in [5, 5.41) is 0. The van der Waals surface area contributed by atoms with E-state index in [9.17, 15) is 8.42 Å². The van der Waals surface area contributed by atoms with Crippen LogP contribution in [0.2, 0.25) is 0 Å². The number of fused-ring (bicyclic) bond motifs is 2. The molecule has 0 fully saturated rings. The maximum absolute atomic E-state index is 12.2. The molecule has 81 valence electrons. The number of ether oxygens (including phenoxy) is 1. The van der Waals surface area contributed by atoms with Crippen LogP contribution in [0.5, 0.6) is 11.5 Å². The Bertz CT molecular complexity index is 613. The van der Waals surface area contributed by atoms with Gasteiger partial charge in [0.2, 0.25) is 9.84 Å². The molecule has 0 aromatic heterocycles. The summed E-state index contributed by atoms with van der Waals surface area (Å²) in [6.07, 6.45) is 0. The molecule has 3 rings (SSSR count). The summed E-state index contributed by atoms with van der Waals surface area (Å²) in [5.74, 6) is 0.780. The van der Waals surface area contributed by atoms with Crippen molar-refractivity contribution in [2.45, 2.75) is 9.79 Å². The van der Waals surface area contributed by atoms with E-state index in [-0.39, 0.29) is 39.3 Å². The first-order valence-corrected chi connectivity index (χ1v) is 6.29. The zero-order chi connectivity index (χ0) is 11.2. The second-order valence-electron chi connectivity index (χ2n) is 3.50. The first-order chi connectivity index (χ1) is 7.69. The SMILES string of the molecule is O=S1(=O)c2ccccc2Oc2ccccc21.[Na]. The van der Waals surface area contributed by atoms with Gasteiger partial charge in [-0.25, -0.2) is 8.42 Å². The Morgan fingerprint density at radius 1 is 0.765 bits per heavy atom. The van der Waals surface area contributed by atoms with Crippen molar-refractivity contribution in [3.05, 3.63) is 48.5 Å². The van der Waals surface area contributed by atoms with Gasteiger partial charge in [0.25, 0.3) is 0 Å². The molecule has 1 aliphatic rings. The number of para-hydroxylation sites is 2. The molecule has 0 N–H and O–H groups in total. The summed E-state index contributed by atoms with van der Waals surface area (Å²) in [4.78, 5) is 0.461. The third-order valence-electron chi connectivity index (χ3n) is 2.50. The van der Waals surface area contributed by atoms with E-state index < -0.39 is 9.84 Å². The van der Waals surface area contributed by atoms with Gasteiger partial charge in [0, 0.05) is 29.6 Å². The Hall–Kier alpha value is -0.810. The van der Waals surface area contributed by atoms with Crippen LogP contribution in [0, 0.1) is 0 Å². The van der Waals surface area contributed by atoms with Crippen LogP contribution in [0.4, 0.5) is 0 Å². The van der Waals surface area contributed by atoms with E-state index in [0.29, 0.717) is 11.5 Å². The minimum Gasteiger partial charge on any atom is -0.455 e. The molecule has 2 aromatic rings. The third-order valence-corrected chi connectivity index (χ3v) is 4.33. The minimum atomic E-state index is -3.43. The van der Waals surface area contributed by atoms with Crippen molar-refractivity contribution < 1.29 is 13.2 Å². The monoisotopic (exact) mass is 255 g/mol. The topological polar surface area (TPSA) is 43.4 Å². The summed E-state index contributed by atoms with van der Waals surface area (Å²) >= 11 is 0. The van der Waals surface area contributed by atoms with Gasteiger partial charge in [0.05, 0.1) is 0 Å². The minimum absolute atomic E-state index is 0. The molecule has 0 spiro atoms. The number of benzene rings is 2. The molecule has 0 bridgehead atoms. The Morgan fingerprint density at radius 2 is 1.18 bits per heavy atom. The standard InChI is InChI=1S/C12H8O3S.Na/c13-16(14)11-7-3-1-5-9(11)15-10-6-2-4-8-12(10)16;/h1-8H;. The number of hydrogen-bond donors (Lipinski definition) is 0. The molecule has 5 heteroatoms. The van der Waals surface area contributed by atoms with E-state index in [2.05, 4.69) is 0 Å². The molecule has 0 atom stereocenters. The average Bonchev–Trinajstić information content (AvgIpc) is 2.29. The molecule has 0 amide bonds. The van der Waals surface area contributed by atoms with Crippen LogP contribution in [-0.4, -0.2) is 38.0 Å². The Kier molecular flexibility index (Phi) is 3.32. The van der Waals surface area contributed by atoms with Crippen LogP contribution in [0.25, 0.3) is 0 Å². The molecule has 0 unspecified atom stereocenters. The van der Waals surface area contributed by atoms with Gasteiger partial charge >= 0.3 is 0 Å². The van der Waals surface area contributed by atoms with Gasteiger partial charge in [-0.2, -0.15) is 0 Å². The van der Waals surface area contributed by atoms with Gasteiger partial charge in [-0.05, 0) is 24.3 Å². The van der Waals surface area contributed by atoms with Gasteiger partial charge in [-0.15, -0.1) is 0 Å². The molecule has 1 aliphatic heterocycles. The van der Waals surface area contributed by atoms with Crippen LogP contribution >= 0.6 is 0 Å². The summed E-state index contributed by atoms with van der Waals surface area (Å²) in [6.45, 7) is 0. The maximum Gasteiger partial charge on any atom is 0.213 e. The van der Waals surface area contributed by atoms with Crippen LogP contribution in [0.3, 0.4) is 0 Å². The normalized spacial score (nSPS) is 14.8. The van der Waals surface area contributed by atoms with Crippen LogP contribution < -0.4 is 4.74 Å². The van der Waals surface area contributed by atoms with Crippen molar-refractivity contribution in [3.63, 3.8) is 0 Å². The first-order valence-electron chi connectivity index (χ1n) is 4.80. The van der Waals surface area contributed by atoms with Crippen LogP contribution in [0.15, 0.2) is 58.3 Å². The zero-order valence-corrected chi connectivity index (χ0v) is 12.1. The first kappa shape index (κ1) is 12.6. The molecule has 1 radical (unpaired) electrons. The van der Waals surface area contributed by atoms with Gasteiger partial charge in [-0.3, -0.25) is 0 Å². The second kappa shape index (κ2) is 4.46. The molecule has 0 saturated carbocycles. The summed E-state index contributed by atoms with van der Waals surface area (Å²) in [7, 11) is -3.43. The zero-order valence-electron chi connectivity index (χ0n) is 9.25. The quantitative estimate of drug-likeness (QED) is 0.579. The molecular weight excluding hydrogens is 247 g/mol. The Labute approximate surface area is 122 Å². The van der Waals surface area contributed by atoms with E-state index in [1.165, 1.54) is 0 Å². The molecular formula is C12H8NaO3S. The van der Waals surface area contributed by atoms with Crippen molar-refractivity contribution in [1.82, 2.24) is 0 Å². The fourth-order valence-electron chi connectivity index (χ4n) is 1.75. The Morgan fingerprint density at radius 3 is 1.65 bits per heavy atom. The van der Waals surface area contributed by atoms with Crippen molar-refractivity contribution in [2.75, 3.05) is 0 Å². The molecule has 17 heavy (non-hydrogen) atoms. The summed E-state index contributed by atoms with van der Waals surface area (Å²) < 4.78 is 30.0. The van der Waals surface area contributed by atoms with Crippen molar-refractivity contribution in [3.8, 4) is 11.5 Å². The van der Waals surface area contributed by atoms with E-state index in [1.54, 1.807) is 48.5 Å². The van der Waals surface area contributed by atoms with Gasteiger partial charge < -0.3 is 4.74 Å². The van der Waals surface area contributed by atoms with Crippen molar-refractivity contribution in [2.24, 2.45) is 0 Å². The van der Waals surface area contributed by atoms with Crippen LogP contribution in [0.1, 0.15) is 0 Å². The van der Waals surface area contributed by atoms with Crippen molar-refractivity contribution in [1.29, 1.82) is 0 Å². The van der Waals surface area contributed by atoms with Gasteiger partial charge in [0.1, 0.15) is 21.3 Å². The average molecular weight is 255 g/mol. The van der Waals surface area contributed by atoms with Gasteiger partial charge in [0.15, 0.2) is 0 Å². The number of hydrogen-bond acceptors (Lipinski definition) is 3. The molecule has 3 nitrogen and oxygen atoms in total. The van der Waals surface area contributed by atoms with Gasteiger partial charge in [-0.1, -0.05) is 24.3 Å². The van der Waals surface area contributed by atoms with E-state index in [4.69, 9.17) is 4.74 Å². The van der Waals surface area contributed by atoms with Crippen LogP contribution in [-0.2, 0) is 9.84 Å².